The lowest BCUT2D eigenvalue weighted by Gasteiger charge is -2.11. The van der Waals surface area contributed by atoms with E-state index in [1.807, 2.05) is 25.1 Å². The lowest BCUT2D eigenvalue weighted by Crippen LogP contribution is -2.23. The second kappa shape index (κ2) is 6.67. The van der Waals surface area contributed by atoms with Crippen molar-refractivity contribution in [3.05, 3.63) is 30.0 Å². The van der Waals surface area contributed by atoms with Crippen molar-refractivity contribution in [1.82, 2.24) is 20.3 Å². The predicted molar refractivity (Wildman–Crippen MR) is 83.8 cm³/mol. The molecule has 0 saturated carbocycles. The Kier molecular flexibility index (Phi) is 4.45. The van der Waals surface area contributed by atoms with E-state index < -0.39 is 6.10 Å². The molecule has 8 heteroatoms. The first-order valence-corrected chi connectivity index (χ1v) is 7.33. The van der Waals surface area contributed by atoms with Crippen LogP contribution in [0, 0.1) is 0 Å². The molecule has 0 radical (unpaired) electrons. The molecule has 0 aliphatic heterocycles. The standard InChI is InChI=1S/C15H17N5O3/c1-2-10-6-14(16-7-11(22)8-21)18-15(17-10)9-3-4-12-13(5-9)20-23-19-12/h3-6,11,21-22H,2,7-8H2,1H3,(H,16,17,18). The number of hydrogen-bond acceptors (Lipinski definition) is 8. The molecule has 2 heterocycles. The molecule has 2 aromatic heterocycles. The number of aryl methyl sites for hydroxylation is 1. The number of fused-ring (bicyclic) bond motifs is 1. The average molecular weight is 315 g/mol. The summed E-state index contributed by atoms with van der Waals surface area (Å²) in [4.78, 5) is 8.97. The minimum Gasteiger partial charge on any atom is -0.394 e. The molecule has 1 aromatic carbocycles. The summed E-state index contributed by atoms with van der Waals surface area (Å²) in [7, 11) is 0. The van der Waals surface area contributed by atoms with Gasteiger partial charge < -0.3 is 15.5 Å². The van der Waals surface area contributed by atoms with Gasteiger partial charge in [-0.15, -0.1) is 0 Å². The molecule has 0 fully saturated rings. The highest BCUT2D eigenvalue weighted by molar-refractivity contribution is 5.79. The SMILES string of the molecule is CCc1cc(NCC(O)CO)nc(-c2ccc3nonc3c2)n1. The van der Waals surface area contributed by atoms with Gasteiger partial charge in [-0.2, -0.15) is 0 Å². The van der Waals surface area contributed by atoms with Crippen molar-refractivity contribution in [2.45, 2.75) is 19.4 Å². The van der Waals surface area contributed by atoms with Gasteiger partial charge in [-0.1, -0.05) is 6.92 Å². The smallest absolute Gasteiger partial charge is 0.161 e. The van der Waals surface area contributed by atoms with E-state index in [-0.39, 0.29) is 13.2 Å². The number of nitrogens with zero attached hydrogens (tertiary/aromatic N) is 4. The van der Waals surface area contributed by atoms with Gasteiger partial charge in [-0.05, 0) is 34.9 Å². The summed E-state index contributed by atoms with van der Waals surface area (Å²) < 4.78 is 4.70. The monoisotopic (exact) mass is 315 g/mol. The summed E-state index contributed by atoms with van der Waals surface area (Å²) in [6.07, 6.45) is -0.0865. The van der Waals surface area contributed by atoms with E-state index in [9.17, 15) is 5.11 Å². The Morgan fingerprint density at radius 1 is 1.17 bits per heavy atom. The predicted octanol–water partition coefficient (Wildman–Crippen LogP) is 1.01. The van der Waals surface area contributed by atoms with Crippen molar-refractivity contribution >= 4 is 16.9 Å². The van der Waals surface area contributed by atoms with Gasteiger partial charge in [0.15, 0.2) is 5.82 Å². The lowest BCUT2D eigenvalue weighted by atomic mass is 10.2. The van der Waals surface area contributed by atoms with Gasteiger partial charge in [0.25, 0.3) is 0 Å². The summed E-state index contributed by atoms with van der Waals surface area (Å²) in [5.74, 6) is 1.15. The molecule has 1 unspecified atom stereocenters. The fraction of sp³-hybridized carbons (Fsp3) is 0.333. The van der Waals surface area contributed by atoms with Gasteiger partial charge in [-0.25, -0.2) is 14.6 Å². The van der Waals surface area contributed by atoms with Crippen LogP contribution in [-0.2, 0) is 6.42 Å². The van der Waals surface area contributed by atoms with Crippen LogP contribution in [0.25, 0.3) is 22.4 Å². The van der Waals surface area contributed by atoms with Crippen molar-refractivity contribution in [1.29, 1.82) is 0 Å². The average Bonchev–Trinajstić information content (AvgIpc) is 3.06. The first-order chi connectivity index (χ1) is 11.2. The first-order valence-electron chi connectivity index (χ1n) is 7.33. The van der Waals surface area contributed by atoms with Gasteiger partial charge in [-0.3, -0.25) is 0 Å². The molecule has 0 aliphatic rings. The van der Waals surface area contributed by atoms with Crippen LogP contribution in [0.2, 0.25) is 0 Å². The maximum atomic E-state index is 9.45. The second-order valence-electron chi connectivity index (χ2n) is 5.11. The molecule has 3 rings (SSSR count). The van der Waals surface area contributed by atoms with Crippen LogP contribution >= 0.6 is 0 Å². The van der Waals surface area contributed by atoms with Crippen LogP contribution in [0.1, 0.15) is 12.6 Å². The van der Waals surface area contributed by atoms with Crippen LogP contribution in [0.4, 0.5) is 5.82 Å². The third-order valence-electron chi connectivity index (χ3n) is 3.38. The van der Waals surface area contributed by atoms with Crippen molar-refractivity contribution in [3.63, 3.8) is 0 Å². The zero-order valence-corrected chi connectivity index (χ0v) is 12.6. The van der Waals surface area contributed by atoms with E-state index >= 15 is 0 Å². The number of rotatable bonds is 6. The molecular weight excluding hydrogens is 298 g/mol. The van der Waals surface area contributed by atoms with Gasteiger partial charge in [0.1, 0.15) is 16.9 Å². The summed E-state index contributed by atoms with van der Waals surface area (Å²) in [6.45, 7) is 1.91. The Morgan fingerprint density at radius 3 is 2.78 bits per heavy atom. The molecule has 3 aromatic rings. The van der Waals surface area contributed by atoms with Crippen LogP contribution < -0.4 is 5.32 Å². The first kappa shape index (κ1) is 15.3. The normalized spacial score (nSPS) is 12.5. The minimum absolute atomic E-state index is 0.211. The number of aliphatic hydroxyl groups is 2. The highest BCUT2D eigenvalue weighted by Gasteiger charge is 2.10. The van der Waals surface area contributed by atoms with Crippen LogP contribution in [-0.4, -0.2) is 49.7 Å². The Morgan fingerprint density at radius 2 is 2.00 bits per heavy atom. The van der Waals surface area contributed by atoms with Gasteiger partial charge in [0.2, 0.25) is 0 Å². The zero-order chi connectivity index (χ0) is 16.2. The topological polar surface area (TPSA) is 117 Å². The largest absolute Gasteiger partial charge is 0.394 e. The quantitative estimate of drug-likeness (QED) is 0.617. The minimum atomic E-state index is -0.837. The van der Waals surface area contributed by atoms with Crippen LogP contribution in [0.15, 0.2) is 28.9 Å². The molecule has 23 heavy (non-hydrogen) atoms. The second-order valence-corrected chi connectivity index (χ2v) is 5.11. The Bertz CT molecular complexity index is 805. The number of benzene rings is 1. The van der Waals surface area contributed by atoms with E-state index in [1.54, 1.807) is 6.07 Å². The van der Waals surface area contributed by atoms with E-state index in [0.717, 1.165) is 17.7 Å². The molecule has 0 spiro atoms. The number of anilines is 1. The molecular formula is C15H17N5O3. The third kappa shape index (κ3) is 3.43. The molecule has 0 aliphatic carbocycles. The molecule has 0 amide bonds. The molecule has 3 N–H and O–H groups in total. The van der Waals surface area contributed by atoms with Gasteiger partial charge in [0.05, 0.1) is 12.7 Å². The van der Waals surface area contributed by atoms with Gasteiger partial charge in [0, 0.05) is 23.9 Å². The van der Waals surface area contributed by atoms with Crippen LogP contribution in [0.3, 0.4) is 0 Å². The number of hydrogen-bond donors (Lipinski definition) is 3. The van der Waals surface area contributed by atoms with E-state index in [4.69, 9.17) is 9.74 Å². The fourth-order valence-corrected chi connectivity index (χ4v) is 2.11. The van der Waals surface area contributed by atoms with Crippen molar-refractivity contribution < 1.29 is 14.8 Å². The highest BCUT2D eigenvalue weighted by Crippen LogP contribution is 2.22. The fourth-order valence-electron chi connectivity index (χ4n) is 2.11. The zero-order valence-electron chi connectivity index (χ0n) is 12.6. The maximum Gasteiger partial charge on any atom is 0.161 e. The Labute approximate surface area is 132 Å². The molecule has 8 nitrogen and oxygen atoms in total. The molecule has 120 valence electrons. The molecule has 1 atom stereocenters. The van der Waals surface area contributed by atoms with E-state index in [0.29, 0.717) is 22.7 Å². The van der Waals surface area contributed by atoms with Crippen molar-refractivity contribution in [3.8, 4) is 11.4 Å². The maximum absolute atomic E-state index is 9.45. The molecule has 0 saturated heterocycles. The summed E-state index contributed by atoms with van der Waals surface area (Å²) in [6, 6.07) is 7.29. The lowest BCUT2D eigenvalue weighted by molar-refractivity contribution is 0.105. The Hall–Kier alpha value is -2.58. The van der Waals surface area contributed by atoms with Gasteiger partial charge >= 0.3 is 0 Å². The number of nitrogens with one attached hydrogen (secondary N) is 1. The summed E-state index contributed by atoms with van der Waals surface area (Å²) in [5.41, 5.74) is 2.98. The van der Waals surface area contributed by atoms with E-state index in [1.165, 1.54) is 0 Å². The summed E-state index contributed by atoms with van der Waals surface area (Å²) in [5, 5.41) is 28.9. The van der Waals surface area contributed by atoms with Crippen molar-refractivity contribution in [2.75, 3.05) is 18.5 Å². The highest BCUT2D eigenvalue weighted by atomic mass is 16.6. The molecule has 0 bridgehead atoms. The van der Waals surface area contributed by atoms with Crippen LogP contribution in [0.5, 0.6) is 0 Å². The summed E-state index contributed by atoms with van der Waals surface area (Å²) >= 11 is 0. The number of aromatic nitrogens is 4. The van der Waals surface area contributed by atoms with E-state index in [2.05, 4.69) is 25.6 Å². The Balaban J connectivity index is 1.93. The van der Waals surface area contributed by atoms with Crippen molar-refractivity contribution in [2.24, 2.45) is 0 Å². The number of aliphatic hydroxyl groups excluding tert-OH is 2. The third-order valence-corrected chi connectivity index (χ3v) is 3.38.